The third-order valence-electron chi connectivity index (χ3n) is 14.4. The fraction of sp³-hybridized carbons (Fsp3) is 0.769. The number of aliphatic hydroxyl groups excluding tert-OH is 7. The van der Waals surface area contributed by atoms with Crippen LogP contribution in [0.3, 0.4) is 0 Å². The van der Waals surface area contributed by atoms with Crippen molar-refractivity contribution < 1.29 is 69.0 Å². The molecule has 2 aliphatic rings. The monoisotopic (exact) mass is 1120 g/mol. The lowest BCUT2D eigenvalue weighted by Crippen LogP contribution is -2.61. The van der Waals surface area contributed by atoms with Crippen LogP contribution in [-0.4, -0.2) is 142 Å². The molecule has 0 aromatic heterocycles. The predicted molar refractivity (Wildman–Crippen MR) is 316 cm³/mol. The summed E-state index contributed by atoms with van der Waals surface area (Å²) in [6, 6.07) is 0. The molecule has 11 atom stereocenters. The van der Waals surface area contributed by atoms with Crippen molar-refractivity contribution >= 4 is 5.97 Å². The van der Waals surface area contributed by atoms with E-state index in [0.29, 0.717) is 13.0 Å². The van der Waals surface area contributed by atoms with E-state index in [1.807, 2.05) is 0 Å². The Hall–Kier alpha value is -2.83. The lowest BCUT2D eigenvalue weighted by atomic mass is 9.98. The Balaban J connectivity index is 1.69. The second kappa shape index (κ2) is 50.9. The smallest absolute Gasteiger partial charge is 0.306 e. The molecule has 0 bridgehead atoms. The van der Waals surface area contributed by atoms with Crippen LogP contribution in [-0.2, 0) is 33.2 Å². The fourth-order valence-corrected chi connectivity index (χ4v) is 9.40. The Bertz CT molecular complexity index is 1630. The van der Waals surface area contributed by atoms with E-state index in [9.17, 15) is 40.5 Å². The predicted octanol–water partition coefficient (Wildman–Crippen LogP) is 12.0. The van der Waals surface area contributed by atoms with Gasteiger partial charge in [-0.25, -0.2) is 0 Å². The topological polar surface area (TPSA) is 214 Å². The maximum absolute atomic E-state index is 13.1. The molecule has 79 heavy (non-hydrogen) atoms. The van der Waals surface area contributed by atoms with Crippen LogP contribution >= 0.6 is 0 Å². The molecule has 2 fully saturated rings. The first-order valence-corrected chi connectivity index (χ1v) is 31.2. The summed E-state index contributed by atoms with van der Waals surface area (Å²) in [6.45, 7) is 3.54. The Labute approximate surface area is 478 Å². The molecule has 14 heteroatoms. The summed E-state index contributed by atoms with van der Waals surface area (Å²) >= 11 is 0. The van der Waals surface area contributed by atoms with Gasteiger partial charge >= 0.3 is 5.97 Å². The zero-order valence-corrected chi connectivity index (χ0v) is 49.1. The summed E-state index contributed by atoms with van der Waals surface area (Å²) in [7, 11) is 0. The first-order valence-electron chi connectivity index (χ1n) is 31.2. The lowest BCUT2D eigenvalue weighted by Gasteiger charge is -2.42. The van der Waals surface area contributed by atoms with Gasteiger partial charge in [-0.2, -0.15) is 0 Å². The third-order valence-corrected chi connectivity index (χ3v) is 14.4. The van der Waals surface area contributed by atoms with Crippen LogP contribution in [0.1, 0.15) is 219 Å². The zero-order valence-electron chi connectivity index (χ0n) is 49.1. The van der Waals surface area contributed by atoms with Crippen molar-refractivity contribution in [3.8, 4) is 0 Å². The average Bonchev–Trinajstić information content (AvgIpc) is 3.46. The second-order valence-electron chi connectivity index (χ2n) is 21.5. The molecule has 7 N–H and O–H groups in total. The molecule has 0 aromatic rings. The molecule has 0 saturated carbocycles. The first-order chi connectivity index (χ1) is 38.6. The average molecular weight is 1120 g/mol. The van der Waals surface area contributed by atoms with Gasteiger partial charge in [-0.1, -0.05) is 208 Å². The minimum absolute atomic E-state index is 0.0482. The van der Waals surface area contributed by atoms with Crippen molar-refractivity contribution in [2.24, 2.45) is 0 Å². The Morgan fingerprint density at radius 1 is 0.430 bits per heavy atom. The van der Waals surface area contributed by atoms with Crippen LogP contribution in [0, 0.1) is 0 Å². The van der Waals surface area contributed by atoms with Gasteiger partial charge in [0.2, 0.25) is 0 Å². The standard InChI is InChI=1S/C65H112O14/c1-3-5-7-9-11-13-15-17-19-21-23-25-26-27-28-29-30-32-34-36-38-40-42-44-46-48-57(67)77-54(51-74-49-47-45-43-41-39-37-35-33-31-24-22-20-18-16-14-12-10-8-6-4-2)52-75-64-63(73)61(71)59(69)56(79-64)53-76-65-62(72)60(70)58(68)55(50-66)78-65/h6,8,12,14-15,17-18,20-21,23-24,26-27,31,54-56,58-66,68-73H,3-5,7,9-11,13,16,19,22,25,28-30,32-53H2,1-2H3/b8-6-,14-12-,17-15-,20-18-,23-21-,27-26-,31-24-. The molecule has 456 valence electrons. The van der Waals surface area contributed by atoms with Crippen LogP contribution in [0.5, 0.6) is 0 Å². The highest BCUT2D eigenvalue weighted by Gasteiger charge is 2.47. The van der Waals surface area contributed by atoms with Gasteiger partial charge in [0, 0.05) is 13.0 Å². The van der Waals surface area contributed by atoms with Gasteiger partial charge in [-0.3, -0.25) is 4.79 Å². The highest BCUT2D eigenvalue weighted by molar-refractivity contribution is 5.69. The normalized spacial score (nSPS) is 24.6. The molecule has 0 aromatic carbocycles. The molecule has 14 nitrogen and oxygen atoms in total. The summed E-state index contributed by atoms with van der Waals surface area (Å²) in [4.78, 5) is 13.1. The molecule has 2 saturated heterocycles. The Kier molecular flexibility index (Phi) is 46.5. The fourth-order valence-electron chi connectivity index (χ4n) is 9.40. The van der Waals surface area contributed by atoms with E-state index in [1.165, 1.54) is 96.3 Å². The van der Waals surface area contributed by atoms with E-state index in [2.05, 4.69) is 98.9 Å². The molecule has 0 amide bonds. The quantitative estimate of drug-likeness (QED) is 0.0172. The van der Waals surface area contributed by atoms with Crippen LogP contribution in [0.25, 0.3) is 0 Å². The number of unbranched alkanes of at least 4 members (excludes halogenated alkanes) is 22. The third kappa shape index (κ3) is 37.1. The van der Waals surface area contributed by atoms with E-state index < -0.39 is 80.7 Å². The number of rotatable bonds is 50. The molecule has 0 spiro atoms. The van der Waals surface area contributed by atoms with Gasteiger partial charge < -0.3 is 64.2 Å². The SMILES string of the molecule is CC/C=C\C/C=C\C/C=C\C/C=C\CCCCCCCCCOCC(COC1OC(COC2OC(CO)C(O)C(O)C2O)C(O)C(O)C1O)OC(=O)CCCCCCCCCCCC/C=C\C/C=C\C/C=C\CCCCCCC. The number of esters is 1. The number of allylic oxidation sites excluding steroid dienone is 14. The second-order valence-corrected chi connectivity index (χ2v) is 21.5. The van der Waals surface area contributed by atoms with Crippen molar-refractivity contribution in [2.75, 3.05) is 33.0 Å². The van der Waals surface area contributed by atoms with Crippen molar-refractivity contribution in [1.82, 2.24) is 0 Å². The van der Waals surface area contributed by atoms with Crippen LogP contribution < -0.4 is 0 Å². The van der Waals surface area contributed by atoms with Crippen LogP contribution in [0.15, 0.2) is 85.1 Å². The molecule has 2 heterocycles. The summed E-state index contributed by atoms with van der Waals surface area (Å²) < 4.78 is 34.4. The molecular formula is C65H112O14. The van der Waals surface area contributed by atoms with E-state index >= 15 is 0 Å². The summed E-state index contributed by atoms with van der Waals surface area (Å²) in [5, 5.41) is 72.5. The van der Waals surface area contributed by atoms with Gasteiger partial charge in [-0.15, -0.1) is 0 Å². The van der Waals surface area contributed by atoms with Gasteiger partial charge in [0.1, 0.15) is 54.9 Å². The maximum Gasteiger partial charge on any atom is 0.306 e. The number of carbonyl (C=O) groups excluding carboxylic acids is 1. The minimum Gasteiger partial charge on any atom is -0.457 e. The van der Waals surface area contributed by atoms with Crippen LogP contribution in [0.2, 0.25) is 0 Å². The number of carbonyl (C=O) groups is 1. The Morgan fingerprint density at radius 3 is 1.29 bits per heavy atom. The Morgan fingerprint density at radius 2 is 0.823 bits per heavy atom. The van der Waals surface area contributed by atoms with Gasteiger partial charge in [0.05, 0.1) is 26.4 Å². The zero-order chi connectivity index (χ0) is 57.2. The molecule has 11 unspecified atom stereocenters. The summed E-state index contributed by atoms with van der Waals surface area (Å²) in [6.07, 6.45) is 50.7. The molecule has 2 aliphatic heterocycles. The summed E-state index contributed by atoms with van der Waals surface area (Å²) in [5.74, 6) is -0.386. The minimum atomic E-state index is -1.71. The molecular weight excluding hydrogens is 1000 g/mol. The lowest BCUT2D eigenvalue weighted by molar-refractivity contribution is -0.332. The van der Waals surface area contributed by atoms with Crippen molar-refractivity contribution in [3.63, 3.8) is 0 Å². The van der Waals surface area contributed by atoms with Crippen molar-refractivity contribution in [1.29, 1.82) is 0 Å². The van der Waals surface area contributed by atoms with Crippen molar-refractivity contribution in [3.05, 3.63) is 85.1 Å². The van der Waals surface area contributed by atoms with E-state index in [4.69, 9.17) is 28.4 Å². The molecule has 0 radical (unpaired) electrons. The molecule has 0 aliphatic carbocycles. The van der Waals surface area contributed by atoms with E-state index in [0.717, 1.165) is 96.3 Å². The number of hydrogen-bond donors (Lipinski definition) is 7. The van der Waals surface area contributed by atoms with Crippen LogP contribution in [0.4, 0.5) is 0 Å². The summed E-state index contributed by atoms with van der Waals surface area (Å²) in [5.41, 5.74) is 0. The van der Waals surface area contributed by atoms with E-state index in [1.54, 1.807) is 0 Å². The number of hydrogen-bond acceptors (Lipinski definition) is 14. The largest absolute Gasteiger partial charge is 0.457 e. The van der Waals surface area contributed by atoms with E-state index in [-0.39, 0.29) is 25.6 Å². The van der Waals surface area contributed by atoms with Gasteiger partial charge in [0.25, 0.3) is 0 Å². The highest BCUT2D eigenvalue weighted by atomic mass is 16.7. The number of ether oxygens (including phenoxy) is 6. The van der Waals surface area contributed by atoms with Gasteiger partial charge in [-0.05, 0) is 89.9 Å². The van der Waals surface area contributed by atoms with Gasteiger partial charge in [0.15, 0.2) is 12.6 Å². The highest BCUT2D eigenvalue weighted by Crippen LogP contribution is 2.27. The molecule has 2 rings (SSSR count). The first kappa shape index (κ1) is 72.3. The van der Waals surface area contributed by atoms with Crippen molar-refractivity contribution in [2.45, 2.75) is 287 Å². The number of aliphatic hydroxyl groups is 7. The maximum atomic E-state index is 13.1.